The van der Waals surface area contributed by atoms with Gasteiger partial charge in [-0.05, 0) is 23.4 Å². The fourth-order valence-corrected chi connectivity index (χ4v) is 4.04. The van der Waals surface area contributed by atoms with E-state index in [0.717, 1.165) is 17.5 Å². The molecule has 3 heteroatoms. The molecule has 0 aliphatic heterocycles. The van der Waals surface area contributed by atoms with Crippen molar-refractivity contribution in [3.8, 4) is 5.75 Å². The highest BCUT2D eigenvalue weighted by atomic mass is 31.1. The number of benzene rings is 2. The van der Waals surface area contributed by atoms with Crippen LogP contribution in [-0.2, 0) is 5.16 Å². The Hall–Kier alpha value is -1.66. The Bertz CT molecular complexity index is 639. The number of aliphatic imine (C=N–C) groups is 1. The lowest BCUT2D eigenvalue weighted by Crippen LogP contribution is -2.20. The van der Waals surface area contributed by atoms with Crippen molar-refractivity contribution in [2.75, 3.05) is 7.05 Å². The van der Waals surface area contributed by atoms with Crippen molar-refractivity contribution in [3.63, 3.8) is 0 Å². The van der Waals surface area contributed by atoms with E-state index in [1.165, 1.54) is 5.30 Å². The summed E-state index contributed by atoms with van der Waals surface area (Å²) in [4.78, 5) is 4.14. The molecule has 2 atom stereocenters. The molecule has 0 fully saturated rings. The molecule has 0 spiro atoms. The number of phenolic OH excluding ortho intramolecular Hbond substituents is 1. The molecule has 21 heavy (non-hydrogen) atoms. The van der Waals surface area contributed by atoms with E-state index < -0.39 is 0 Å². The molecule has 110 valence electrons. The average Bonchev–Trinajstić information content (AvgIpc) is 2.50. The van der Waals surface area contributed by atoms with Gasteiger partial charge in [-0.15, -0.1) is 0 Å². The van der Waals surface area contributed by atoms with Crippen LogP contribution >= 0.6 is 8.58 Å². The Morgan fingerprint density at radius 1 is 1.14 bits per heavy atom. The Kier molecular flexibility index (Phi) is 5.14. The first-order valence-corrected chi connectivity index (χ1v) is 8.18. The summed E-state index contributed by atoms with van der Waals surface area (Å²) in [7, 11) is 2.37. The first kappa shape index (κ1) is 15.7. The topological polar surface area (TPSA) is 32.6 Å². The van der Waals surface area contributed by atoms with Crippen LogP contribution in [0.3, 0.4) is 0 Å². The Morgan fingerprint density at radius 2 is 1.81 bits per heavy atom. The molecule has 2 rings (SSSR count). The van der Waals surface area contributed by atoms with Gasteiger partial charge in [0.25, 0.3) is 0 Å². The number of aromatic hydroxyl groups is 1. The van der Waals surface area contributed by atoms with Crippen LogP contribution in [0.2, 0.25) is 0 Å². The third-order valence-corrected chi connectivity index (χ3v) is 5.74. The Balaban J connectivity index is 2.42. The number of phenols is 1. The van der Waals surface area contributed by atoms with Crippen molar-refractivity contribution < 1.29 is 5.11 Å². The third-order valence-electron chi connectivity index (χ3n) is 3.85. The molecular weight excluding hydrogens is 277 g/mol. The second-order valence-corrected chi connectivity index (χ2v) is 7.19. The number of nitrogens with zero attached hydrogens (tertiary/aromatic N) is 1. The molecule has 0 saturated carbocycles. The lowest BCUT2D eigenvalue weighted by Gasteiger charge is -2.30. The zero-order valence-corrected chi connectivity index (χ0v) is 13.8. The maximum absolute atomic E-state index is 10.2. The van der Waals surface area contributed by atoms with Gasteiger partial charge in [0.2, 0.25) is 0 Å². The summed E-state index contributed by atoms with van der Waals surface area (Å²) in [6.07, 6.45) is 2.88. The molecule has 0 bridgehead atoms. The summed E-state index contributed by atoms with van der Waals surface area (Å²) in [5.74, 6) is 0.385. The van der Waals surface area contributed by atoms with Crippen molar-refractivity contribution >= 4 is 20.1 Å². The molecule has 0 radical (unpaired) electrons. The van der Waals surface area contributed by atoms with Gasteiger partial charge in [0, 0.05) is 24.0 Å². The highest BCUT2D eigenvalue weighted by molar-refractivity contribution is 7.48. The summed E-state index contributed by atoms with van der Waals surface area (Å²) in [6.45, 7) is 4.40. The van der Waals surface area contributed by atoms with Gasteiger partial charge in [-0.3, -0.25) is 4.99 Å². The first-order chi connectivity index (χ1) is 10.1. The Morgan fingerprint density at radius 3 is 2.48 bits per heavy atom. The van der Waals surface area contributed by atoms with Gasteiger partial charge >= 0.3 is 0 Å². The minimum Gasteiger partial charge on any atom is -0.508 e. The van der Waals surface area contributed by atoms with Crippen LogP contribution in [-0.4, -0.2) is 18.4 Å². The van der Waals surface area contributed by atoms with E-state index in [4.69, 9.17) is 0 Å². The minimum absolute atomic E-state index is 0.0664. The molecule has 2 unspecified atom stereocenters. The van der Waals surface area contributed by atoms with Crippen molar-refractivity contribution in [2.24, 2.45) is 4.99 Å². The van der Waals surface area contributed by atoms with Crippen LogP contribution in [0, 0.1) is 0 Å². The molecule has 0 heterocycles. The summed E-state index contributed by atoms with van der Waals surface area (Å²) >= 11 is 0. The van der Waals surface area contributed by atoms with Crippen LogP contribution in [0.5, 0.6) is 5.75 Å². The molecule has 0 aromatic heterocycles. The fourth-order valence-electron chi connectivity index (χ4n) is 2.45. The zero-order chi connectivity index (χ0) is 15.3. The second-order valence-electron chi connectivity index (χ2n) is 5.30. The fraction of sp³-hybridized carbons (Fsp3) is 0.278. The summed E-state index contributed by atoms with van der Waals surface area (Å²) in [5.41, 5.74) is 2.18. The summed E-state index contributed by atoms with van der Waals surface area (Å²) < 4.78 is 0. The van der Waals surface area contributed by atoms with E-state index in [0.29, 0.717) is 14.3 Å². The molecule has 0 amide bonds. The van der Waals surface area contributed by atoms with Gasteiger partial charge < -0.3 is 5.11 Å². The first-order valence-electron chi connectivity index (χ1n) is 7.18. The molecular formula is C18H22NOP. The number of rotatable bonds is 5. The molecule has 2 nitrogen and oxygen atoms in total. The monoisotopic (exact) mass is 299 g/mol. The lowest BCUT2D eigenvalue weighted by molar-refractivity contribution is 0.457. The Labute approximate surface area is 128 Å². The van der Waals surface area contributed by atoms with Crippen LogP contribution in [0.25, 0.3) is 0 Å². The highest BCUT2D eigenvalue weighted by Crippen LogP contribution is 2.46. The zero-order valence-electron chi connectivity index (χ0n) is 12.8. The highest BCUT2D eigenvalue weighted by Gasteiger charge is 2.28. The van der Waals surface area contributed by atoms with Crippen molar-refractivity contribution in [1.82, 2.24) is 0 Å². The van der Waals surface area contributed by atoms with E-state index in [1.54, 1.807) is 13.1 Å². The minimum atomic E-state index is -0.0664. The summed E-state index contributed by atoms with van der Waals surface area (Å²) in [6, 6.07) is 16.0. The number of para-hydroxylation sites is 1. The van der Waals surface area contributed by atoms with Crippen molar-refractivity contribution in [3.05, 3.63) is 59.7 Å². The van der Waals surface area contributed by atoms with E-state index in [1.807, 2.05) is 30.5 Å². The standard InChI is InChI=1S/C18H22NOP/c1-4-18(2,15-10-6-7-11-16(15)20)21-17-12-8-5-9-14(17)13-19-3/h5-13,20-21H,4H2,1-3H3/b19-13+. The summed E-state index contributed by atoms with van der Waals surface area (Å²) in [5, 5.41) is 11.4. The van der Waals surface area contributed by atoms with Crippen LogP contribution < -0.4 is 5.30 Å². The van der Waals surface area contributed by atoms with E-state index in [2.05, 4.69) is 37.0 Å². The van der Waals surface area contributed by atoms with E-state index in [-0.39, 0.29) is 5.16 Å². The molecule has 0 aliphatic carbocycles. The van der Waals surface area contributed by atoms with Crippen molar-refractivity contribution in [1.29, 1.82) is 0 Å². The van der Waals surface area contributed by atoms with Gasteiger partial charge in [-0.1, -0.05) is 64.9 Å². The molecule has 1 N–H and O–H groups in total. The van der Waals surface area contributed by atoms with E-state index in [9.17, 15) is 5.11 Å². The smallest absolute Gasteiger partial charge is 0.119 e. The number of hydrogen-bond donors (Lipinski definition) is 1. The second kappa shape index (κ2) is 6.87. The molecule has 0 aliphatic rings. The quantitative estimate of drug-likeness (QED) is 0.655. The van der Waals surface area contributed by atoms with Crippen LogP contribution in [0.1, 0.15) is 31.4 Å². The largest absolute Gasteiger partial charge is 0.508 e. The third kappa shape index (κ3) is 3.51. The van der Waals surface area contributed by atoms with Gasteiger partial charge in [-0.25, -0.2) is 0 Å². The predicted molar refractivity (Wildman–Crippen MR) is 93.7 cm³/mol. The lowest BCUT2D eigenvalue weighted by atomic mass is 9.96. The van der Waals surface area contributed by atoms with Crippen molar-refractivity contribution in [2.45, 2.75) is 25.4 Å². The molecule has 2 aromatic rings. The average molecular weight is 299 g/mol. The maximum atomic E-state index is 10.2. The SMILES string of the molecule is CCC(C)(Pc1ccccc1/C=N/C)c1ccccc1O. The van der Waals surface area contributed by atoms with Gasteiger partial charge in [0.05, 0.1) is 0 Å². The predicted octanol–water partition coefficient (Wildman–Crippen LogP) is 4.07. The van der Waals surface area contributed by atoms with E-state index >= 15 is 0 Å². The molecule has 0 saturated heterocycles. The molecule has 2 aromatic carbocycles. The van der Waals surface area contributed by atoms with Gasteiger partial charge in [-0.2, -0.15) is 0 Å². The number of hydrogen-bond acceptors (Lipinski definition) is 2. The maximum Gasteiger partial charge on any atom is 0.119 e. The van der Waals surface area contributed by atoms with Crippen LogP contribution in [0.4, 0.5) is 0 Å². The van der Waals surface area contributed by atoms with Crippen LogP contribution in [0.15, 0.2) is 53.5 Å². The van der Waals surface area contributed by atoms with Gasteiger partial charge in [0.15, 0.2) is 0 Å². The van der Waals surface area contributed by atoms with Gasteiger partial charge in [0.1, 0.15) is 5.75 Å². The normalized spacial score (nSPS) is 14.8.